The summed E-state index contributed by atoms with van der Waals surface area (Å²) < 4.78 is 17.4. The minimum absolute atomic E-state index is 0.0893. The number of nitrogens with one attached hydrogen (secondary N) is 4. The third kappa shape index (κ3) is 9.09. The molecule has 8 rings (SSSR count). The number of piperidine rings is 3. The second-order valence-corrected chi connectivity index (χ2v) is 14.5. The van der Waals surface area contributed by atoms with Crippen molar-refractivity contribution in [2.75, 3.05) is 45.2 Å². The number of aromatic hydroxyl groups is 1. The number of phenols is 1. The third-order valence-corrected chi connectivity index (χ3v) is 10.7. The van der Waals surface area contributed by atoms with E-state index in [0.717, 1.165) is 43.6 Å². The molecule has 13 nitrogen and oxygen atoms in total. The number of H-pyrrole nitrogens is 1. The number of aliphatic hydroxyl groups excluding tert-OH is 1. The summed E-state index contributed by atoms with van der Waals surface area (Å²) in [6, 6.07) is 25.5. The van der Waals surface area contributed by atoms with Crippen molar-refractivity contribution in [1.29, 1.82) is 0 Å². The number of phenolic OH excluding ortho intramolecular Hbond substituents is 1. The van der Waals surface area contributed by atoms with Gasteiger partial charge in [-0.15, -0.1) is 0 Å². The summed E-state index contributed by atoms with van der Waals surface area (Å²) in [5, 5.41) is 30.9. The van der Waals surface area contributed by atoms with Crippen molar-refractivity contribution in [3.05, 3.63) is 129 Å². The van der Waals surface area contributed by atoms with Crippen molar-refractivity contribution in [1.82, 2.24) is 20.5 Å². The summed E-state index contributed by atoms with van der Waals surface area (Å²) in [5.41, 5.74) is 3.07. The Hall–Kier alpha value is -5.60. The molecule has 5 aromatic rings. The molecular weight excluding hydrogens is 738 g/mol. The lowest BCUT2D eigenvalue weighted by molar-refractivity contribution is -0.118. The van der Waals surface area contributed by atoms with Gasteiger partial charge in [0.05, 0.1) is 35.5 Å². The van der Waals surface area contributed by atoms with Crippen molar-refractivity contribution >= 4 is 40.2 Å². The number of halogens is 1. The molecule has 4 aromatic carbocycles. The minimum Gasteiger partial charge on any atom is -0.506 e. The summed E-state index contributed by atoms with van der Waals surface area (Å²) in [6.45, 7) is 2.97. The Bertz CT molecular complexity index is 2240. The van der Waals surface area contributed by atoms with Crippen LogP contribution in [-0.4, -0.2) is 78.1 Å². The zero-order chi connectivity index (χ0) is 39.2. The van der Waals surface area contributed by atoms with Crippen LogP contribution in [0.2, 0.25) is 5.02 Å². The van der Waals surface area contributed by atoms with Gasteiger partial charge in [-0.3, -0.25) is 14.5 Å². The average molecular weight is 782 g/mol. The summed E-state index contributed by atoms with van der Waals surface area (Å²) >= 11 is 6.60. The van der Waals surface area contributed by atoms with Crippen LogP contribution in [0.3, 0.4) is 0 Å². The summed E-state index contributed by atoms with van der Waals surface area (Å²) in [5.74, 6) is 0.741. The normalized spacial score (nSPS) is 18.5. The van der Waals surface area contributed by atoms with Crippen LogP contribution in [0.5, 0.6) is 17.2 Å². The van der Waals surface area contributed by atoms with Gasteiger partial charge in [0.15, 0.2) is 6.61 Å². The molecule has 3 saturated heterocycles. The zero-order valence-corrected chi connectivity index (χ0v) is 31.6. The Labute approximate surface area is 328 Å². The minimum atomic E-state index is -0.957. The summed E-state index contributed by atoms with van der Waals surface area (Å²) in [4.78, 5) is 43.0. The van der Waals surface area contributed by atoms with Gasteiger partial charge in [-0.1, -0.05) is 60.1 Å². The van der Waals surface area contributed by atoms with Gasteiger partial charge in [0.25, 0.3) is 5.91 Å². The van der Waals surface area contributed by atoms with Crippen molar-refractivity contribution in [3.63, 3.8) is 0 Å². The van der Waals surface area contributed by atoms with Gasteiger partial charge in [0, 0.05) is 42.7 Å². The Morgan fingerprint density at radius 3 is 2.52 bits per heavy atom. The Kier molecular flexibility index (Phi) is 12.1. The number of carbonyl (C=O) groups is 2. The number of carbonyl (C=O) groups excluding carboxylic acids is 2. The number of hydrogen-bond acceptors (Lipinski definition) is 10. The third-order valence-electron chi connectivity index (χ3n) is 10.4. The number of aromatic nitrogens is 1. The number of amides is 2. The zero-order valence-electron chi connectivity index (χ0n) is 30.8. The highest BCUT2D eigenvalue weighted by atomic mass is 35.5. The van der Waals surface area contributed by atoms with Gasteiger partial charge in [-0.25, -0.2) is 4.79 Å². The smallest absolute Gasteiger partial charge is 0.408 e. The molecule has 3 aliphatic heterocycles. The number of nitrogens with zero attached hydrogens (tertiary/aromatic N) is 1. The number of alkyl carbamates (subject to hydrolysis) is 1. The number of aromatic amines is 1. The average Bonchev–Trinajstić information content (AvgIpc) is 3.21. The van der Waals surface area contributed by atoms with Crippen LogP contribution in [0, 0.1) is 5.92 Å². The van der Waals surface area contributed by atoms with E-state index < -0.39 is 24.1 Å². The van der Waals surface area contributed by atoms with E-state index in [1.807, 2.05) is 36.4 Å². The lowest BCUT2D eigenvalue weighted by atomic mass is 9.86. The van der Waals surface area contributed by atoms with E-state index in [4.69, 9.17) is 25.8 Å². The first-order valence-electron chi connectivity index (χ1n) is 18.5. The van der Waals surface area contributed by atoms with E-state index in [0.29, 0.717) is 39.6 Å². The first-order valence-corrected chi connectivity index (χ1v) is 18.9. The second kappa shape index (κ2) is 17.5. The first-order chi connectivity index (χ1) is 27.1. The van der Waals surface area contributed by atoms with Gasteiger partial charge in [0.2, 0.25) is 5.56 Å². The van der Waals surface area contributed by atoms with Crippen LogP contribution in [-0.2, 0) is 16.1 Å². The molecule has 2 bridgehead atoms. The summed E-state index contributed by atoms with van der Waals surface area (Å²) in [6.07, 6.45) is 0.516. The number of aliphatic hydroxyl groups is 1. The van der Waals surface area contributed by atoms with Gasteiger partial charge in [-0.2, -0.15) is 0 Å². The number of fused-ring (bicyclic) bond motifs is 4. The lowest BCUT2D eigenvalue weighted by Gasteiger charge is -2.43. The van der Waals surface area contributed by atoms with Crippen molar-refractivity contribution in [2.45, 2.75) is 37.6 Å². The van der Waals surface area contributed by atoms with Gasteiger partial charge < -0.3 is 45.4 Å². The Balaban J connectivity index is 0.954. The molecule has 6 N–H and O–H groups in total. The molecule has 3 atom stereocenters. The SMILES string of the molecule is COc1cc(NC(=O)COc2cccc([C@@H](NC(=O)OC3CN4CCC3CC4)c3ccccc3)c2)c(Cl)cc1CNCC(O)c1ccc(O)c2[nH]c(=O)ccc12. The number of benzene rings is 4. The van der Waals surface area contributed by atoms with Gasteiger partial charge >= 0.3 is 6.09 Å². The highest BCUT2D eigenvalue weighted by Crippen LogP contribution is 2.33. The molecule has 3 aliphatic rings. The molecule has 0 aliphatic carbocycles. The van der Waals surface area contributed by atoms with Crippen LogP contribution in [0.25, 0.3) is 10.9 Å². The highest BCUT2D eigenvalue weighted by molar-refractivity contribution is 6.33. The van der Waals surface area contributed by atoms with Crippen LogP contribution < -0.4 is 31.0 Å². The van der Waals surface area contributed by atoms with E-state index in [-0.39, 0.29) is 47.6 Å². The topological polar surface area (TPSA) is 174 Å². The lowest BCUT2D eigenvalue weighted by Crippen LogP contribution is -2.52. The molecular formula is C42H44ClN5O8. The number of rotatable bonds is 14. The summed E-state index contributed by atoms with van der Waals surface area (Å²) in [7, 11) is 1.50. The van der Waals surface area contributed by atoms with E-state index >= 15 is 0 Å². The predicted octanol–water partition coefficient (Wildman–Crippen LogP) is 5.65. The van der Waals surface area contributed by atoms with Crippen molar-refractivity contribution in [3.8, 4) is 17.2 Å². The first kappa shape index (κ1) is 38.7. The monoisotopic (exact) mass is 781 g/mol. The maximum absolute atomic E-state index is 13.2. The largest absolute Gasteiger partial charge is 0.506 e. The molecule has 56 heavy (non-hydrogen) atoms. The number of hydrogen-bond donors (Lipinski definition) is 6. The molecule has 2 unspecified atom stereocenters. The molecule has 3 fully saturated rings. The molecule has 1 aromatic heterocycles. The van der Waals surface area contributed by atoms with Crippen LogP contribution >= 0.6 is 11.6 Å². The maximum Gasteiger partial charge on any atom is 0.408 e. The Morgan fingerprint density at radius 1 is 0.982 bits per heavy atom. The molecule has 0 spiro atoms. The van der Waals surface area contributed by atoms with Crippen molar-refractivity contribution in [2.24, 2.45) is 5.92 Å². The maximum atomic E-state index is 13.2. The quantitative estimate of drug-likeness (QED) is 0.0827. The van der Waals surface area contributed by atoms with Crippen LogP contribution in [0.4, 0.5) is 10.5 Å². The fraction of sp³-hybridized carbons (Fsp3) is 0.310. The number of methoxy groups -OCH3 is 1. The van der Waals surface area contributed by atoms with Gasteiger partial charge in [0.1, 0.15) is 23.4 Å². The second-order valence-electron chi connectivity index (χ2n) is 14.1. The molecule has 4 heterocycles. The van der Waals surface area contributed by atoms with Crippen LogP contribution in [0.15, 0.2) is 95.8 Å². The fourth-order valence-electron chi connectivity index (χ4n) is 7.48. The van der Waals surface area contributed by atoms with Crippen LogP contribution in [0.1, 0.15) is 47.2 Å². The highest BCUT2D eigenvalue weighted by Gasteiger charge is 2.37. The van der Waals surface area contributed by atoms with E-state index in [9.17, 15) is 24.6 Å². The Morgan fingerprint density at radius 2 is 1.77 bits per heavy atom. The van der Waals surface area contributed by atoms with Gasteiger partial charge in [-0.05, 0) is 78.9 Å². The molecule has 2 amide bonds. The molecule has 14 heteroatoms. The van der Waals surface area contributed by atoms with E-state index in [1.54, 1.807) is 42.5 Å². The van der Waals surface area contributed by atoms with E-state index in [2.05, 4.69) is 25.8 Å². The van der Waals surface area contributed by atoms with E-state index in [1.165, 1.54) is 19.2 Å². The number of pyridine rings is 1. The van der Waals surface area contributed by atoms with Crippen molar-refractivity contribution < 1.29 is 34.0 Å². The predicted molar refractivity (Wildman–Crippen MR) is 212 cm³/mol. The molecule has 0 saturated carbocycles. The number of anilines is 1. The fourth-order valence-corrected chi connectivity index (χ4v) is 7.71. The molecule has 0 radical (unpaired) electrons. The molecule has 292 valence electrons. The standard InChI is InChI=1S/C42H44ClN5O8/c1-54-36-20-33(32(43)19-28(36)21-44-22-35(50)30-10-12-34(49)41-31(30)11-13-38(51)46-41)45-39(52)24-55-29-9-5-8-27(18-29)40(26-6-3-2-4-7-26)47-42(53)56-37-23-48-16-14-25(37)15-17-48/h2-13,18-20,25,35,37,40,44,49-50H,14-17,21-24H2,1H3,(H,45,52)(H,46,51)(H,47,53)/t35?,37?,40-/m0/s1. The number of ether oxygens (including phenoxy) is 3.